The third kappa shape index (κ3) is 2.71. The van der Waals surface area contributed by atoms with E-state index in [4.69, 9.17) is 0 Å². The number of nitrogens with zero attached hydrogens (tertiary/aromatic N) is 2. The van der Waals surface area contributed by atoms with Crippen LogP contribution in [-0.2, 0) is 0 Å². The smallest absolute Gasteiger partial charge is 0.275 e. The van der Waals surface area contributed by atoms with E-state index in [2.05, 4.69) is 10.3 Å². The summed E-state index contributed by atoms with van der Waals surface area (Å²) in [4.78, 5) is 42.2. The number of hydrogen-bond donors (Lipinski definition) is 1. The lowest BCUT2D eigenvalue weighted by atomic mass is 9.84. The Hall–Kier alpha value is -4.13. The highest BCUT2D eigenvalue weighted by molar-refractivity contribution is 6.28. The number of benzene rings is 2. The van der Waals surface area contributed by atoms with Crippen molar-refractivity contribution in [2.24, 2.45) is 0 Å². The Kier molecular flexibility index (Phi) is 3.64. The van der Waals surface area contributed by atoms with Crippen molar-refractivity contribution < 1.29 is 18.8 Å². The normalized spacial score (nSPS) is 12.6. The number of fused-ring (bicyclic) bond motifs is 3. The first kappa shape index (κ1) is 17.0. The first-order chi connectivity index (χ1) is 14.0. The molecule has 7 heteroatoms. The molecule has 29 heavy (non-hydrogen) atoms. The first-order valence-electron chi connectivity index (χ1n) is 8.79. The van der Waals surface area contributed by atoms with Gasteiger partial charge in [-0.05, 0) is 30.3 Å². The maximum atomic E-state index is 13.3. The predicted molar refractivity (Wildman–Crippen MR) is 103 cm³/mol. The monoisotopic (exact) mass is 385 g/mol. The number of halogens is 1. The van der Waals surface area contributed by atoms with Crippen LogP contribution in [0.2, 0.25) is 0 Å². The number of nitrogens with one attached hydrogen (secondary N) is 1. The number of rotatable bonds is 2. The summed E-state index contributed by atoms with van der Waals surface area (Å²) in [6, 6.07) is 13.9. The SMILES string of the molecule is O=C(Nc1ccc2c(c1)C(=O)c1ccccc1C2=O)c1cn2cc(F)ccc2n1. The van der Waals surface area contributed by atoms with Crippen molar-refractivity contribution in [2.45, 2.75) is 0 Å². The van der Waals surface area contributed by atoms with Gasteiger partial charge in [-0.1, -0.05) is 24.3 Å². The number of imidazole rings is 1. The summed E-state index contributed by atoms with van der Waals surface area (Å²) in [6.07, 6.45) is 2.64. The number of pyridine rings is 1. The molecular formula is C22H12FN3O3. The second kappa shape index (κ2) is 6.20. The van der Waals surface area contributed by atoms with Gasteiger partial charge >= 0.3 is 0 Å². The zero-order chi connectivity index (χ0) is 20.1. The molecule has 2 aromatic carbocycles. The van der Waals surface area contributed by atoms with Crippen LogP contribution in [0.3, 0.4) is 0 Å². The number of ketones is 2. The van der Waals surface area contributed by atoms with Crippen LogP contribution in [0.5, 0.6) is 0 Å². The molecule has 1 amide bonds. The van der Waals surface area contributed by atoms with E-state index >= 15 is 0 Å². The van der Waals surface area contributed by atoms with Gasteiger partial charge in [0.25, 0.3) is 5.91 Å². The van der Waals surface area contributed by atoms with Crippen LogP contribution in [0.4, 0.5) is 10.1 Å². The van der Waals surface area contributed by atoms with Gasteiger partial charge < -0.3 is 9.72 Å². The molecule has 0 saturated carbocycles. The molecule has 4 aromatic rings. The van der Waals surface area contributed by atoms with Crippen molar-refractivity contribution >= 4 is 28.8 Å². The summed E-state index contributed by atoms with van der Waals surface area (Å²) < 4.78 is 14.7. The highest BCUT2D eigenvalue weighted by Crippen LogP contribution is 2.29. The van der Waals surface area contributed by atoms with Crippen LogP contribution in [0.25, 0.3) is 5.65 Å². The van der Waals surface area contributed by atoms with Gasteiger partial charge in [0, 0.05) is 40.3 Å². The molecule has 2 heterocycles. The Balaban J connectivity index is 1.47. The Morgan fingerprint density at radius 3 is 2.31 bits per heavy atom. The minimum atomic E-state index is -0.510. The molecule has 2 aromatic heterocycles. The number of amides is 1. The highest BCUT2D eigenvalue weighted by atomic mass is 19.1. The van der Waals surface area contributed by atoms with Crippen molar-refractivity contribution in [1.82, 2.24) is 9.38 Å². The average Bonchev–Trinajstić information content (AvgIpc) is 3.15. The second-order valence-electron chi connectivity index (χ2n) is 6.66. The Bertz CT molecular complexity index is 1360. The van der Waals surface area contributed by atoms with E-state index in [0.717, 1.165) is 0 Å². The number of anilines is 1. The van der Waals surface area contributed by atoms with Gasteiger partial charge in [0.2, 0.25) is 0 Å². The molecular weight excluding hydrogens is 373 g/mol. The van der Waals surface area contributed by atoms with Crippen molar-refractivity contribution in [3.05, 3.63) is 101 Å². The molecule has 1 aliphatic rings. The summed E-state index contributed by atoms with van der Waals surface area (Å²) in [5.74, 6) is -1.45. The third-order valence-electron chi connectivity index (χ3n) is 4.83. The lowest BCUT2D eigenvalue weighted by Gasteiger charge is -2.18. The average molecular weight is 385 g/mol. The molecule has 0 fully saturated rings. The van der Waals surface area contributed by atoms with Gasteiger partial charge in [-0.2, -0.15) is 0 Å². The fraction of sp³-hybridized carbons (Fsp3) is 0. The van der Waals surface area contributed by atoms with E-state index in [1.807, 2.05) is 0 Å². The van der Waals surface area contributed by atoms with Crippen LogP contribution in [0.15, 0.2) is 67.0 Å². The Morgan fingerprint density at radius 1 is 0.862 bits per heavy atom. The van der Waals surface area contributed by atoms with E-state index < -0.39 is 11.7 Å². The standard InChI is InChI=1S/C22H12FN3O3/c23-12-5-8-19-25-18(11-26(19)10-12)22(29)24-13-6-7-16-17(9-13)21(28)15-4-2-1-3-14(15)20(16)27/h1-11H,(H,24,29). The van der Waals surface area contributed by atoms with Crippen molar-refractivity contribution in [1.29, 1.82) is 0 Å². The topological polar surface area (TPSA) is 80.5 Å². The van der Waals surface area contributed by atoms with Crippen LogP contribution in [-0.4, -0.2) is 26.9 Å². The number of carbonyl (C=O) groups excluding carboxylic acids is 3. The first-order valence-corrected chi connectivity index (χ1v) is 8.79. The van der Waals surface area contributed by atoms with Gasteiger partial charge in [-0.3, -0.25) is 14.4 Å². The van der Waals surface area contributed by atoms with E-state index in [1.54, 1.807) is 30.3 Å². The molecule has 140 valence electrons. The fourth-order valence-electron chi connectivity index (χ4n) is 3.45. The summed E-state index contributed by atoms with van der Waals surface area (Å²) in [7, 11) is 0. The highest BCUT2D eigenvalue weighted by Gasteiger charge is 2.29. The summed E-state index contributed by atoms with van der Waals surface area (Å²) in [5, 5.41) is 2.67. The molecule has 0 aliphatic heterocycles. The molecule has 1 N–H and O–H groups in total. The molecule has 0 saturated heterocycles. The second-order valence-corrected chi connectivity index (χ2v) is 6.66. The van der Waals surface area contributed by atoms with Gasteiger partial charge in [-0.25, -0.2) is 9.37 Å². The lowest BCUT2D eigenvalue weighted by molar-refractivity contribution is 0.0979. The Labute approximate surface area is 163 Å². The van der Waals surface area contributed by atoms with Crippen LogP contribution in [0.1, 0.15) is 42.3 Å². The summed E-state index contributed by atoms with van der Waals surface area (Å²) in [6.45, 7) is 0. The largest absolute Gasteiger partial charge is 0.321 e. The van der Waals surface area contributed by atoms with Crippen molar-refractivity contribution in [3.63, 3.8) is 0 Å². The van der Waals surface area contributed by atoms with Crippen LogP contribution in [0, 0.1) is 5.82 Å². The van der Waals surface area contributed by atoms with E-state index in [1.165, 1.54) is 41.1 Å². The Morgan fingerprint density at radius 2 is 1.55 bits per heavy atom. The maximum absolute atomic E-state index is 13.3. The van der Waals surface area contributed by atoms with Crippen LogP contribution >= 0.6 is 0 Å². The molecule has 5 rings (SSSR count). The lowest BCUT2D eigenvalue weighted by Crippen LogP contribution is -2.21. The molecule has 1 aliphatic carbocycles. The van der Waals surface area contributed by atoms with E-state index in [0.29, 0.717) is 28.0 Å². The molecule has 0 spiro atoms. The molecule has 0 radical (unpaired) electrons. The fourth-order valence-corrected chi connectivity index (χ4v) is 3.45. The molecule has 0 atom stereocenters. The maximum Gasteiger partial charge on any atom is 0.275 e. The molecule has 0 unspecified atom stereocenters. The molecule has 0 bridgehead atoms. The van der Waals surface area contributed by atoms with Gasteiger partial charge in [-0.15, -0.1) is 0 Å². The molecule has 6 nitrogen and oxygen atoms in total. The van der Waals surface area contributed by atoms with Crippen molar-refractivity contribution in [3.8, 4) is 0 Å². The van der Waals surface area contributed by atoms with Gasteiger partial charge in [0.05, 0.1) is 0 Å². The van der Waals surface area contributed by atoms with E-state index in [-0.39, 0.29) is 22.8 Å². The van der Waals surface area contributed by atoms with Crippen LogP contribution < -0.4 is 5.32 Å². The van der Waals surface area contributed by atoms with Crippen molar-refractivity contribution in [2.75, 3.05) is 5.32 Å². The number of carbonyl (C=O) groups is 3. The number of aromatic nitrogens is 2. The summed E-state index contributed by atoms with van der Waals surface area (Å²) in [5.41, 5.74) is 2.14. The quantitative estimate of drug-likeness (QED) is 0.504. The minimum absolute atomic E-state index is 0.0982. The van der Waals surface area contributed by atoms with Gasteiger partial charge in [0.1, 0.15) is 17.2 Å². The minimum Gasteiger partial charge on any atom is -0.321 e. The summed E-state index contributed by atoms with van der Waals surface area (Å²) >= 11 is 0. The number of hydrogen-bond acceptors (Lipinski definition) is 4. The van der Waals surface area contributed by atoms with E-state index in [9.17, 15) is 18.8 Å². The third-order valence-corrected chi connectivity index (χ3v) is 4.83. The zero-order valence-electron chi connectivity index (χ0n) is 14.8. The predicted octanol–water partition coefficient (Wildman–Crippen LogP) is 3.50. The zero-order valence-corrected chi connectivity index (χ0v) is 14.8. The van der Waals surface area contributed by atoms with Gasteiger partial charge in [0.15, 0.2) is 11.6 Å².